The molecule has 0 bridgehead atoms. The largest absolute Gasteiger partial charge is 0.481 e. The fourth-order valence-electron chi connectivity index (χ4n) is 2.23. The van der Waals surface area contributed by atoms with Crippen molar-refractivity contribution in [3.05, 3.63) is 0 Å². The van der Waals surface area contributed by atoms with Gasteiger partial charge < -0.3 is 10.4 Å². The lowest BCUT2D eigenvalue weighted by Crippen LogP contribution is -2.34. The summed E-state index contributed by atoms with van der Waals surface area (Å²) in [6.45, 7) is 0.326. The second-order valence-electron chi connectivity index (χ2n) is 4.91. The third-order valence-electron chi connectivity index (χ3n) is 3.28. The SMILES string of the molecule is O=C(O)CCCCNC(=O)CS(=O)(=O)C1CCCC1. The molecule has 0 radical (unpaired) electrons. The highest BCUT2D eigenvalue weighted by molar-refractivity contribution is 7.92. The van der Waals surface area contributed by atoms with E-state index < -0.39 is 27.5 Å². The minimum absolute atomic E-state index is 0.0657. The quantitative estimate of drug-likeness (QED) is 0.642. The molecule has 0 spiro atoms. The van der Waals surface area contributed by atoms with Gasteiger partial charge >= 0.3 is 5.97 Å². The zero-order valence-electron chi connectivity index (χ0n) is 10.9. The summed E-state index contributed by atoms with van der Waals surface area (Å²) < 4.78 is 23.8. The number of carboxylic acid groups (broad SMARTS) is 1. The van der Waals surface area contributed by atoms with Crippen molar-refractivity contribution >= 4 is 21.7 Å². The molecule has 1 rings (SSSR count). The zero-order valence-corrected chi connectivity index (χ0v) is 11.7. The summed E-state index contributed by atoms with van der Waals surface area (Å²) in [5.74, 6) is -1.80. The Labute approximate surface area is 113 Å². The predicted molar refractivity (Wildman–Crippen MR) is 70.5 cm³/mol. The summed E-state index contributed by atoms with van der Waals surface area (Å²) in [6.07, 6.45) is 4.24. The summed E-state index contributed by atoms with van der Waals surface area (Å²) >= 11 is 0. The van der Waals surface area contributed by atoms with E-state index >= 15 is 0 Å². The fraction of sp³-hybridized carbons (Fsp3) is 0.833. The molecule has 1 saturated carbocycles. The van der Waals surface area contributed by atoms with Crippen LogP contribution in [-0.2, 0) is 19.4 Å². The smallest absolute Gasteiger partial charge is 0.303 e. The lowest BCUT2D eigenvalue weighted by molar-refractivity contribution is -0.137. The van der Waals surface area contributed by atoms with Crippen LogP contribution in [0.1, 0.15) is 44.9 Å². The molecule has 1 aliphatic rings. The molecule has 0 aromatic rings. The maximum atomic E-state index is 11.9. The first kappa shape index (κ1) is 15.9. The van der Waals surface area contributed by atoms with Gasteiger partial charge in [-0.1, -0.05) is 12.8 Å². The molecule has 0 aromatic heterocycles. The maximum absolute atomic E-state index is 11.9. The van der Waals surface area contributed by atoms with Gasteiger partial charge in [-0.3, -0.25) is 9.59 Å². The summed E-state index contributed by atoms with van der Waals surface area (Å²) in [5.41, 5.74) is 0. The van der Waals surface area contributed by atoms with Crippen LogP contribution in [0.4, 0.5) is 0 Å². The molecule has 1 amide bonds. The molecule has 0 heterocycles. The third-order valence-corrected chi connectivity index (χ3v) is 5.43. The van der Waals surface area contributed by atoms with Crippen molar-refractivity contribution in [2.45, 2.75) is 50.2 Å². The predicted octanol–water partition coefficient (Wildman–Crippen LogP) is 0.715. The van der Waals surface area contributed by atoms with Gasteiger partial charge in [0, 0.05) is 13.0 Å². The van der Waals surface area contributed by atoms with Crippen LogP contribution in [-0.4, -0.2) is 42.9 Å². The van der Waals surface area contributed by atoms with Gasteiger partial charge in [0.2, 0.25) is 5.91 Å². The molecular weight excluding hydrogens is 270 g/mol. The Morgan fingerprint density at radius 2 is 1.79 bits per heavy atom. The summed E-state index contributed by atoms with van der Waals surface area (Å²) in [4.78, 5) is 21.8. The Morgan fingerprint density at radius 1 is 1.16 bits per heavy atom. The third kappa shape index (κ3) is 6.04. The molecule has 0 aromatic carbocycles. The Bertz CT molecular complexity index is 412. The minimum Gasteiger partial charge on any atom is -0.481 e. The van der Waals surface area contributed by atoms with Gasteiger partial charge in [0.25, 0.3) is 0 Å². The number of hydrogen-bond donors (Lipinski definition) is 2. The van der Waals surface area contributed by atoms with Gasteiger partial charge in [0.15, 0.2) is 9.84 Å². The molecular formula is C12H21NO5S. The van der Waals surface area contributed by atoms with Crippen LogP contribution in [0, 0.1) is 0 Å². The number of carbonyl (C=O) groups is 2. The molecule has 19 heavy (non-hydrogen) atoms. The van der Waals surface area contributed by atoms with Crippen LogP contribution >= 0.6 is 0 Å². The van der Waals surface area contributed by atoms with Gasteiger partial charge in [0.1, 0.15) is 5.75 Å². The van der Waals surface area contributed by atoms with E-state index in [9.17, 15) is 18.0 Å². The Kier molecular flexibility index (Phi) is 6.27. The first-order valence-corrected chi connectivity index (χ1v) is 8.33. The zero-order chi connectivity index (χ0) is 14.3. The van der Waals surface area contributed by atoms with Crippen molar-refractivity contribution in [2.24, 2.45) is 0 Å². The molecule has 1 aliphatic carbocycles. The van der Waals surface area contributed by atoms with Crippen LogP contribution in [0.25, 0.3) is 0 Å². The van der Waals surface area contributed by atoms with E-state index in [0.29, 0.717) is 32.2 Å². The van der Waals surface area contributed by atoms with Crippen molar-refractivity contribution in [1.82, 2.24) is 5.32 Å². The standard InChI is InChI=1S/C12H21NO5S/c14-11(13-8-4-3-7-12(15)16)9-19(17,18)10-5-1-2-6-10/h10H,1-9H2,(H,13,14)(H,15,16). The number of sulfone groups is 1. The second-order valence-corrected chi connectivity index (χ2v) is 7.20. The molecule has 110 valence electrons. The normalized spacial score (nSPS) is 16.4. The Hall–Kier alpha value is -1.11. The number of nitrogens with one attached hydrogen (secondary N) is 1. The average molecular weight is 291 g/mol. The minimum atomic E-state index is -3.32. The van der Waals surface area contributed by atoms with E-state index in [0.717, 1.165) is 12.8 Å². The van der Waals surface area contributed by atoms with Crippen molar-refractivity contribution in [3.8, 4) is 0 Å². The van der Waals surface area contributed by atoms with Gasteiger partial charge in [0.05, 0.1) is 5.25 Å². The maximum Gasteiger partial charge on any atom is 0.303 e. The van der Waals surface area contributed by atoms with E-state index in [1.54, 1.807) is 0 Å². The van der Waals surface area contributed by atoms with Crippen LogP contribution in [0.3, 0.4) is 0 Å². The molecule has 1 fully saturated rings. The number of carbonyl (C=O) groups excluding carboxylic acids is 1. The highest BCUT2D eigenvalue weighted by Crippen LogP contribution is 2.24. The van der Waals surface area contributed by atoms with Crippen molar-refractivity contribution < 1.29 is 23.1 Å². The van der Waals surface area contributed by atoms with E-state index in [2.05, 4.69) is 5.32 Å². The van der Waals surface area contributed by atoms with Crippen LogP contribution in [0.15, 0.2) is 0 Å². The summed E-state index contributed by atoms with van der Waals surface area (Å²) in [6, 6.07) is 0. The highest BCUT2D eigenvalue weighted by Gasteiger charge is 2.30. The van der Waals surface area contributed by atoms with Crippen molar-refractivity contribution in [1.29, 1.82) is 0 Å². The number of carboxylic acids is 1. The van der Waals surface area contributed by atoms with Gasteiger partial charge in [-0.25, -0.2) is 8.42 Å². The highest BCUT2D eigenvalue weighted by atomic mass is 32.2. The van der Waals surface area contributed by atoms with Crippen molar-refractivity contribution in [3.63, 3.8) is 0 Å². The van der Waals surface area contributed by atoms with Crippen LogP contribution < -0.4 is 5.32 Å². The van der Waals surface area contributed by atoms with Gasteiger partial charge in [-0.2, -0.15) is 0 Å². The number of amides is 1. The molecule has 7 heteroatoms. The second kappa shape index (κ2) is 7.47. The topological polar surface area (TPSA) is 101 Å². The number of hydrogen-bond acceptors (Lipinski definition) is 4. The van der Waals surface area contributed by atoms with Crippen LogP contribution in [0.5, 0.6) is 0 Å². The Balaban J connectivity index is 2.21. The Morgan fingerprint density at radius 3 is 2.37 bits per heavy atom. The lowest BCUT2D eigenvalue weighted by atomic mass is 10.2. The van der Waals surface area contributed by atoms with E-state index in [1.165, 1.54) is 0 Å². The van der Waals surface area contributed by atoms with Crippen molar-refractivity contribution in [2.75, 3.05) is 12.3 Å². The van der Waals surface area contributed by atoms with Gasteiger partial charge in [-0.15, -0.1) is 0 Å². The summed E-state index contributed by atoms with van der Waals surface area (Å²) in [7, 11) is -3.32. The molecule has 0 saturated heterocycles. The fourth-order valence-corrected chi connectivity index (χ4v) is 3.98. The molecule has 2 N–H and O–H groups in total. The van der Waals surface area contributed by atoms with Gasteiger partial charge in [-0.05, 0) is 25.7 Å². The summed E-state index contributed by atoms with van der Waals surface area (Å²) in [5, 5.41) is 10.6. The molecule has 0 aliphatic heterocycles. The molecule has 0 atom stereocenters. The van der Waals surface area contributed by atoms with E-state index in [4.69, 9.17) is 5.11 Å². The van der Waals surface area contributed by atoms with E-state index in [-0.39, 0.29) is 11.7 Å². The average Bonchev–Trinajstić information content (AvgIpc) is 2.81. The first-order valence-electron chi connectivity index (χ1n) is 6.62. The van der Waals surface area contributed by atoms with Crippen LogP contribution in [0.2, 0.25) is 0 Å². The monoisotopic (exact) mass is 291 g/mol. The van der Waals surface area contributed by atoms with E-state index in [1.807, 2.05) is 0 Å². The molecule has 0 unspecified atom stereocenters. The number of aliphatic carboxylic acids is 1. The lowest BCUT2D eigenvalue weighted by Gasteiger charge is -2.10. The molecule has 6 nitrogen and oxygen atoms in total. The first-order chi connectivity index (χ1) is 8.92. The number of unbranched alkanes of at least 4 members (excludes halogenated alkanes) is 1. The number of rotatable bonds is 8.